The van der Waals surface area contributed by atoms with Gasteiger partial charge in [0.1, 0.15) is 11.6 Å². The van der Waals surface area contributed by atoms with Crippen LogP contribution in [0.2, 0.25) is 0 Å². The molecule has 1 aliphatic heterocycles. The predicted octanol–water partition coefficient (Wildman–Crippen LogP) is 3.84. The maximum absolute atomic E-state index is 14.5. The third kappa shape index (κ3) is 3.41. The quantitative estimate of drug-likeness (QED) is 0.792. The van der Waals surface area contributed by atoms with Crippen LogP contribution in [0.1, 0.15) is 59.8 Å². The summed E-state index contributed by atoms with van der Waals surface area (Å²) in [5.74, 6) is 0.256. The molecule has 0 radical (unpaired) electrons. The Kier molecular flexibility index (Phi) is 4.45. The molecule has 0 unspecified atom stereocenters. The second-order valence-electron chi connectivity index (χ2n) is 7.65. The maximum Gasteiger partial charge on any atom is 0.497 e. The summed E-state index contributed by atoms with van der Waals surface area (Å²) in [7, 11) is -0.677. The van der Waals surface area contributed by atoms with E-state index in [0.717, 1.165) is 12.8 Å². The summed E-state index contributed by atoms with van der Waals surface area (Å²) in [4.78, 5) is 0. The summed E-state index contributed by atoms with van der Waals surface area (Å²) >= 11 is 0. The van der Waals surface area contributed by atoms with Gasteiger partial charge >= 0.3 is 7.12 Å². The average molecular weight is 320 g/mol. The van der Waals surface area contributed by atoms with Crippen molar-refractivity contribution >= 4 is 12.6 Å². The fraction of sp³-hybridized carbons (Fsp3) is 0.667. The molecule has 0 aromatic heterocycles. The van der Waals surface area contributed by atoms with Crippen molar-refractivity contribution in [2.75, 3.05) is 0 Å². The van der Waals surface area contributed by atoms with E-state index in [2.05, 4.69) is 0 Å². The molecule has 0 bridgehead atoms. The van der Waals surface area contributed by atoms with E-state index >= 15 is 0 Å². The minimum Gasteiger partial charge on any atom is -0.490 e. The molecule has 2 aliphatic rings. The highest BCUT2D eigenvalue weighted by Crippen LogP contribution is 2.36. The number of hydrogen-bond donors (Lipinski definition) is 0. The second kappa shape index (κ2) is 6.10. The minimum atomic E-state index is -0.677. The number of hydrogen-bond acceptors (Lipinski definition) is 3. The van der Waals surface area contributed by atoms with Gasteiger partial charge in [-0.15, -0.1) is 0 Å². The van der Waals surface area contributed by atoms with Crippen molar-refractivity contribution in [3.63, 3.8) is 0 Å². The monoisotopic (exact) mass is 320 g/mol. The van der Waals surface area contributed by atoms with Crippen LogP contribution in [0.3, 0.4) is 0 Å². The Morgan fingerprint density at radius 1 is 1.04 bits per heavy atom. The van der Waals surface area contributed by atoms with Gasteiger partial charge in [0.25, 0.3) is 0 Å². The topological polar surface area (TPSA) is 27.7 Å². The van der Waals surface area contributed by atoms with E-state index in [4.69, 9.17) is 14.0 Å². The summed E-state index contributed by atoms with van der Waals surface area (Å²) in [6.45, 7) is 7.86. The third-order valence-corrected chi connectivity index (χ3v) is 5.33. The lowest BCUT2D eigenvalue weighted by Gasteiger charge is -2.32. The van der Waals surface area contributed by atoms with Gasteiger partial charge in [-0.25, -0.2) is 4.39 Å². The van der Waals surface area contributed by atoms with Crippen LogP contribution in [0.25, 0.3) is 0 Å². The summed E-state index contributed by atoms with van der Waals surface area (Å²) < 4.78 is 32.3. The van der Waals surface area contributed by atoms with E-state index in [-0.39, 0.29) is 11.9 Å². The maximum atomic E-state index is 14.5. The Labute approximate surface area is 138 Å². The van der Waals surface area contributed by atoms with Gasteiger partial charge in [0.05, 0.1) is 17.3 Å². The molecule has 0 N–H and O–H groups in total. The number of benzene rings is 1. The van der Waals surface area contributed by atoms with E-state index in [1.165, 1.54) is 25.3 Å². The van der Waals surface area contributed by atoms with Crippen LogP contribution in [0, 0.1) is 5.82 Å². The van der Waals surface area contributed by atoms with Crippen molar-refractivity contribution in [2.24, 2.45) is 0 Å². The molecule has 1 saturated heterocycles. The van der Waals surface area contributed by atoms with Crippen molar-refractivity contribution in [3.8, 4) is 5.75 Å². The van der Waals surface area contributed by atoms with Gasteiger partial charge in [0.15, 0.2) is 0 Å². The Balaban J connectivity index is 1.72. The van der Waals surface area contributed by atoms with Crippen molar-refractivity contribution in [1.82, 2.24) is 0 Å². The van der Waals surface area contributed by atoms with Crippen molar-refractivity contribution < 1.29 is 18.4 Å². The fourth-order valence-corrected chi connectivity index (χ4v) is 3.12. The zero-order valence-corrected chi connectivity index (χ0v) is 14.5. The highest BCUT2D eigenvalue weighted by Gasteiger charge is 2.52. The molecule has 1 aromatic rings. The number of rotatable bonds is 3. The van der Waals surface area contributed by atoms with Crippen LogP contribution in [0.5, 0.6) is 5.75 Å². The van der Waals surface area contributed by atoms with E-state index in [9.17, 15) is 4.39 Å². The molecular weight excluding hydrogens is 294 g/mol. The molecule has 23 heavy (non-hydrogen) atoms. The van der Waals surface area contributed by atoms with Crippen LogP contribution in [0.15, 0.2) is 18.2 Å². The van der Waals surface area contributed by atoms with E-state index in [0.29, 0.717) is 11.2 Å². The summed E-state index contributed by atoms with van der Waals surface area (Å²) in [5.41, 5.74) is -0.511. The molecule has 0 atom stereocenters. The van der Waals surface area contributed by atoms with Crippen molar-refractivity contribution in [3.05, 3.63) is 24.0 Å². The van der Waals surface area contributed by atoms with Crippen LogP contribution in [0.4, 0.5) is 4.39 Å². The summed E-state index contributed by atoms with van der Waals surface area (Å²) in [6.07, 6.45) is 5.99. The molecular formula is C18H26BFO3. The van der Waals surface area contributed by atoms with E-state index < -0.39 is 18.3 Å². The lowest BCUT2D eigenvalue weighted by Crippen LogP contribution is -2.41. The molecule has 1 aromatic carbocycles. The Morgan fingerprint density at radius 2 is 1.65 bits per heavy atom. The first-order valence-corrected chi connectivity index (χ1v) is 8.60. The van der Waals surface area contributed by atoms with Gasteiger partial charge in [-0.1, -0.05) is 12.5 Å². The zero-order valence-electron chi connectivity index (χ0n) is 14.5. The van der Waals surface area contributed by atoms with Gasteiger partial charge in [0.2, 0.25) is 0 Å². The van der Waals surface area contributed by atoms with E-state index in [1.54, 1.807) is 6.07 Å². The Morgan fingerprint density at radius 3 is 2.22 bits per heavy atom. The van der Waals surface area contributed by atoms with Gasteiger partial charge in [-0.05, 0) is 59.4 Å². The SMILES string of the molecule is CC1(C)OB(c2ccc(OC3CCCCC3)cc2F)OC1(C)C. The highest BCUT2D eigenvalue weighted by molar-refractivity contribution is 6.62. The van der Waals surface area contributed by atoms with Gasteiger partial charge < -0.3 is 14.0 Å². The molecule has 3 rings (SSSR count). The largest absolute Gasteiger partial charge is 0.497 e. The van der Waals surface area contributed by atoms with Crippen LogP contribution < -0.4 is 10.2 Å². The first kappa shape index (κ1) is 16.8. The normalized spacial score (nSPS) is 24.0. The molecule has 0 spiro atoms. The summed E-state index contributed by atoms with van der Waals surface area (Å²) in [6, 6.07) is 4.99. The van der Waals surface area contributed by atoms with E-state index in [1.807, 2.05) is 33.8 Å². The Bertz CT molecular complexity index is 551. The van der Waals surface area contributed by atoms with Crippen molar-refractivity contribution in [1.29, 1.82) is 0 Å². The van der Waals surface area contributed by atoms with Gasteiger partial charge in [-0.2, -0.15) is 0 Å². The Hall–Kier alpha value is -1.07. The first-order chi connectivity index (χ1) is 10.8. The molecule has 2 fully saturated rings. The molecule has 1 aliphatic carbocycles. The fourth-order valence-electron chi connectivity index (χ4n) is 3.12. The summed E-state index contributed by atoms with van der Waals surface area (Å²) in [5, 5.41) is 0. The zero-order chi connectivity index (χ0) is 16.7. The predicted molar refractivity (Wildman–Crippen MR) is 89.6 cm³/mol. The molecule has 126 valence electrons. The minimum absolute atomic E-state index is 0.214. The van der Waals surface area contributed by atoms with Gasteiger partial charge in [0, 0.05) is 11.5 Å². The van der Waals surface area contributed by atoms with Crippen LogP contribution in [-0.4, -0.2) is 24.4 Å². The lowest BCUT2D eigenvalue weighted by molar-refractivity contribution is 0.00578. The molecule has 1 heterocycles. The molecule has 3 nitrogen and oxygen atoms in total. The first-order valence-electron chi connectivity index (χ1n) is 8.60. The van der Waals surface area contributed by atoms with Gasteiger partial charge in [-0.3, -0.25) is 0 Å². The second-order valence-corrected chi connectivity index (χ2v) is 7.65. The lowest BCUT2D eigenvalue weighted by atomic mass is 9.78. The molecule has 5 heteroatoms. The third-order valence-electron chi connectivity index (χ3n) is 5.33. The van der Waals surface area contributed by atoms with Crippen molar-refractivity contribution in [2.45, 2.75) is 77.1 Å². The standard InChI is InChI=1S/C18H26BFO3/c1-17(2)18(3,4)23-19(22-17)15-11-10-14(12-16(15)20)21-13-8-6-5-7-9-13/h10-13H,5-9H2,1-4H3. The smallest absolute Gasteiger partial charge is 0.490 e. The van der Waals surface area contributed by atoms with Crippen LogP contribution >= 0.6 is 0 Å². The molecule has 0 amide bonds. The average Bonchev–Trinajstić information content (AvgIpc) is 2.68. The highest BCUT2D eigenvalue weighted by atomic mass is 19.1. The number of ether oxygens (including phenoxy) is 1. The number of halogens is 1. The van der Waals surface area contributed by atoms with Crippen LogP contribution in [-0.2, 0) is 9.31 Å². The molecule has 1 saturated carbocycles.